The van der Waals surface area contributed by atoms with E-state index >= 15 is 0 Å². The van der Waals surface area contributed by atoms with Crippen molar-refractivity contribution in [2.45, 2.75) is 19.0 Å². The highest BCUT2D eigenvalue weighted by atomic mass is 16.2. The van der Waals surface area contributed by atoms with Gasteiger partial charge in [0.25, 0.3) is 5.56 Å². The summed E-state index contributed by atoms with van der Waals surface area (Å²) in [7, 11) is 1.70. The quantitative estimate of drug-likeness (QED) is 0.901. The van der Waals surface area contributed by atoms with Crippen LogP contribution in [0.3, 0.4) is 0 Å². The number of carbonyl (C=O) groups is 2. The number of aromatic nitrogens is 1. The Labute approximate surface area is 144 Å². The number of ketones is 1. The van der Waals surface area contributed by atoms with Crippen LogP contribution in [0.5, 0.6) is 0 Å². The zero-order valence-electron chi connectivity index (χ0n) is 14.0. The number of fused-ring (bicyclic) bond motifs is 1. The van der Waals surface area contributed by atoms with Crippen molar-refractivity contribution in [3.8, 4) is 0 Å². The Bertz CT molecular complexity index is 926. The Morgan fingerprint density at radius 1 is 1.16 bits per heavy atom. The molecule has 6 nitrogen and oxygen atoms in total. The average molecular weight is 337 g/mol. The lowest BCUT2D eigenvalue weighted by Gasteiger charge is -2.27. The average Bonchev–Trinajstić information content (AvgIpc) is 2.63. The molecule has 0 spiro atoms. The summed E-state index contributed by atoms with van der Waals surface area (Å²) in [5.41, 5.74) is 0.707. The number of aromatic amines is 1. The summed E-state index contributed by atoms with van der Waals surface area (Å²) < 4.78 is 0. The molecule has 128 valence electrons. The standard InChI is InChI=1S/C19H19N3O3/c1-12(17-11-20-18(24)16-6-4-3-5-15(16)17)22(2)19(25)21-13-7-9-14(23)10-8-13/h3-13H,1-2H3,(H,20,24)(H,21,25)/t12-/m1/s1. The summed E-state index contributed by atoms with van der Waals surface area (Å²) in [4.78, 5) is 39.9. The highest BCUT2D eigenvalue weighted by Crippen LogP contribution is 2.25. The zero-order valence-corrected chi connectivity index (χ0v) is 14.0. The number of hydrogen-bond acceptors (Lipinski definition) is 3. The lowest BCUT2D eigenvalue weighted by atomic mass is 10.0. The first-order chi connectivity index (χ1) is 12.0. The summed E-state index contributed by atoms with van der Waals surface area (Å²) in [5.74, 6) is -0.0908. The Morgan fingerprint density at radius 3 is 2.48 bits per heavy atom. The molecular formula is C19H19N3O3. The van der Waals surface area contributed by atoms with Crippen molar-refractivity contribution < 1.29 is 9.59 Å². The van der Waals surface area contributed by atoms with Crippen LogP contribution in [-0.2, 0) is 4.79 Å². The smallest absolute Gasteiger partial charge is 0.318 e. The Morgan fingerprint density at radius 2 is 1.80 bits per heavy atom. The molecule has 0 saturated heterocycles. The molecule has 2 N–H and O–H groups in total. The van der Waals surface area contributed by atoms with E-state index in [4.69, 9.17) is 0 Å². The van der Waals surface area contributed by atoms with Crippen molar-refractivity contribution in [2.24, 2.45) is 0 Å². The van der Waals surface area contributed by atoms with Crippen molar-refractivity contribution in [1.29, 1.82) is 0 Å². The van der Waals surface area contributed by atoms with E-state index in [2.05, 4.69) is 10.3 Å². The molecule has 6 heteroatoms. The zero-order chi connectivity index (χ0) is 18.0. The normalized spacial score (nSPS) is 15.4. The third kappa shape index (κ3) is 3.38. The van der Waals surface area contributed by atoms with E-state index in [1.54, 1.807) is 36.4 Å². The fraction of sp³-hybridized carbons (Fsp3) is 0.211. The minimum Gasteiger partial charge on any atom is -0.328 e. The number of nitrogens with zero attached hydrogens (tertiary/aromatic N) is 1. The van der Waals surface area contributed by atoms with Gasteiger partial charge in [0.1, 0.15) is 0 Å². The molecule has 2 aromatic rings. The van der Waals surface area contributed by atoms with Gasteiger partial charge in [0.2, 0.25) is 0 Å². The molecule has 2 amide bonds. The summed E-state index contributed by atoms with van der Waals surface area (Å²) >= 11 is 0. The maximum Gasteiger partial charge on any atom is 0.318 e. The molecule has 0 saturated carbocycles. The molecule has 0 unspecified atom stereocenters. The molecule has 1 aromatic heterocycles. The monoisotopic (exact) mass is 337 g/mol. The maximum absolute atomic E-state index is 12.5. The van der Waals surface area contributed by atoms with E-state index in [0.717, 1.165) is 10.9 Å². The van der Waals surface area contributed by atoms with Crippen LogP contribution >= 0.6 is 0 Å². The van der Waals surface area contributed by atoms with Crippen LogP contribution in [-0.4, -0.2) is 34.8 Å². The number of benzene rings is 1. The van der Waals surface area contributed by atoms with E-state index in [-0.39, 0.29) is 29.5 Å². The van der Waals surface area contributed by atoms with Gasteiger partial charge in [-0.3, -0.25) is 9.59 Å². The van der Waals surface area contributed by atoms with E-state index in [9.17, 15) is 14.4 Å². The van der Waals surface area contributed by atoms with E-state index in [0.29, 0.717) is 5.39 Å². The highest BCUT2D eigenvalue weighted by Gasteiger charge is 2.21. The predicted octanol–water partition coefficient (Wildman–Crippen LogP) is 2.29. The van der Waals surface area contributed by atoms with Crippen molar-refractivity contribution in [3.63, 3.8) is 0 Å². The van der Waals surface area contributed by atoms with Gasteiger partial charge in [-0.2, -0.15) is 0 Å². The van der Waals surface area contributed by atoms with Crippen molar-refractivity contribution >= 4 is 22.6 Å². The number of allylic oxidation sites excluding steroid dienone is 2. The van der Waals surface area contributed by atoms with Gasteiger partial charge in [0.15, 0.2) is 5.78 Å². The highest BCUT2D eigenvalue weighted by molar-refractivity contribution is 6.00. The lowest BCUT2D eigenvalue weighted by molar-refractivity contribution is -0.110. The summed E-state index contributed by atoms with van der Waals surface area (Å²) in [6, 6.07) is 6.49. The molecule has 1 aliphatic carbocycles. The van der Waals surface area contributed by atoms with E-state index < -0.39 is 0 Å². The van der Waals surface area contributed by atoms with Crippen LogP contribution in [0.1, 0.15) is 18.5 Å². The molecule has 0 bridgehead atoms. The number of carbonyl (C=O) groups excluding carboxylic acids is 2. The first kappa shape index (κ1) is 16.7. The molecule has 25 heavy (non-hydrogen) atoms. The number of pyridine rings is 1. The van der Waals surface area contributed by atoms with Crippen LogP contribution in [0.15, 0.2) is 59.6 Å². The largest absolute Gasteiger partial charge is 0.328 e. The number of amides is 2. The number of rotatable bonds is 3. The molecule has 3 rings (SSSR count). The molecule has 1 heterocycles. The predicted molar refractivity (Wildman–Crippen MR) is 96.4 cm³/mol. The maximum atomic E-state index is 12.5. The van der Waals surface area contributed by atoms with Crippen LogP contribution in [0.25, 0.3) is 10.8 Å². The SMILES string of the molecule is C[C@H](c1c[nH]c(=O)c2ccccc12)N(C)C(=O)NC1C=CC(=O)C=C1. The molecule has 1 atom stereocenters. The Kier molecular flexibility index (Phi) is 4.52. The molecule has 0 aliphatic heterocycles. The lowest BCUT2D eigenvalue weighted by Crippen LogP contribution is -2.43. The van der Waals surface area contributed by atoms with Gasteiger partial charge in [-0.05, 0) is 36.1 Å². The minimum atomic E-state index is -0.313. The molecule has 0 fully saturated rings. The number of hydrogen-bond donors (Lipinski definition) is 2. The summed E-state index contributed by atoms with van der Waals surface area (Å²) in [6.45, 7) is 1.90. The second-order valence-electron chi connectivity index (χ2n) is 6.00. The molecule has 1 aliphatic rings. The fourth-order valence-electron chi connectivity index (χ4n) is 2.82. The first-order valence-corrected chi connectivity index (χ1v) is 8.01. The van der Waals surface area contributed by atoms with Gasteiger partial charge in [0.05, 0.1) is 12.1 Å². The van der Waals surface area contributed by atoms with Crippen LogP contribution < -0.4 is 10.9 Å². The van der Waals surface area contributed by atoms with E-state index in [1.165, 1.54) is 12.2 Å². The van der Waals surface area contributed by atoms with E-state index in [1.807, 2.05) is 25.1 Å². The second-order valence-corrected chi connectivity index (χ2v) is 6.00. The van der Waals surface area contributed by atoms with Gasteiger partial charge >= 0.3 is 6.03 Å². The third-order valence-corrected chi connectivity index (χ3v) is 4.42. The van der Waals surface area contributed by atoms with Gasteiger partial charge in [0, 0.05) is 18.6 Å². The first-order valence-electron chi connectivity index (χ1n) is 8.01. The fourth-order valence-corrected chi connectivity index (χ4v) is 2.82. The summed E-state index contributed by atoms with van der Waals surface area (Å²) in [6.07, 6.45) is 7.81. The molecule has 0 radical (unpaired) electrons. The Hall–Kier alpha value is -3.15. The minimum absolute atomic E-state index is 0.0908. The number of H-pyrrole nitrogens is 1. The van der Waals surface area contributed by atoms with Gasteiger partial charge in [-0.15, -0.1) is 0 Å². The number of nitrogens with one attached hydrogen (secondary N) is 2. The van der Waals surface area contributed by atoms with Crippen LogP contribution in [0.4, 0.5) is 4.79 Å². The van der Waals surface area contributed by atoms with Gasteiger partial charge < -0.3 is 15.2 Å². The third-order valence-electron chi connectivity index (χ3n) is 4.42. The van der Waals surface area contributed by atoms with Crippen molar-refractivity contribution in [1.82, 2.24) is 15.2 Å². The molecular weight excluding hydrogens is 318 g/mol. The molecule has 1 aromatic carbocycles. The van der Waals surface area contributed by atoms with Crippen molar-refractivity contribution in [3.05, 3.63) is 70.7 Å². The Balaban J connectivity index is 1.82. The summed E-state index contributed by atoms with van der Waals surface area (Å²) in [5, 5.41) is 4.25. The number of urea groups is 1. The van der Waals surface area contributed by atoms with Gasteiger partial charge in [-0.1, -0.05) is 30.4 Å². The second kappa shape index (κ2) is 6.76. The van der Waals surface area contributed by atoms with Crippen molar-refractivity contribution in [2.75, 3.05) is 7.05 Å². The van der Waals surface area contributed by atoms with Crippen LogP contribution in [0.2, 0.25) is 0 Å². The van der Waals surface area contributed by atoms with Crippen LogP contribution in [0, 0.1) is 0 Å². The van der Waals surface area contributed by atoms with Gasteiger partial charge in [-0.25, -0.2) is 4.79 Å². The topological polar surface area (TPSA) is 82.3 Å².